The second-order valence-corrected chi connectivity index (χ2v) is 4.99. The van der Waals surface area contributed by atoms with Gasteiger partial charge < -0.3 is 9.84 Å². The minimum absolute atomic E-state index is 0.274. The first-order chi connectivity index (χ1) is 8.68. The van der Waals surface area contributed by atoms with Crippen molar-refractivity contribution >= 4 is 28.9 Å². The van der Waals surface area contributed by atoms with E-state index in [-0.39, 0.29) is 6.61 Å². The number of thiophene rings is 1. The van der Waals surface area contributed by atoms with Crippen molar-refractivity contribution in [2.75, 3.05) is 0 Å². The van der Waals surface area contributed by atoms with E-state index in [1.807, 2.05) is 18.2 Å². The van der Waals surface area contributed by atoms with E-state index < -0.39 is 5.97 Å². The van der Waals surface area contributed by atoms with E-state index in [9.17, 15) is 4.79 Å². The summed E-state index contributed by atoms with van der Waals surface area (Å²) in [4.78, 5) is 11.2. The van der Waals surface area contributed by atoms with Crippen LogP contribution >= 0.6 is 22.9 Å². The average Bonchev–Trinajstić information content (AvgIpc) is 2.80. The van der Waals surface area contributed by atoms with Gasteiger partial charge in [0.25, 0.3) is 0 Å². The van der Waals surface area contributed by atoms with Crippen molar-refractivity contribution in [3.05, 3.63) is 56.7 Å². The Bertz CT molecular complexity index is 551. The molecule has 3 nitrogen and oxygen atoms in total. The average molecular weight is 283 g/mol. The molecule has 0 fully saturated rings. The van der Waals surface area contributed by atoms with Crippen LogP contribution in [-0.2, 0) is 18.0 Å². The molecule has 0 unspecified atom stereocenters. The maximum atomic E-state index is 10.9. The summed E-state index contributed by atoms with van der Waals surface area (Å²) >= 11 is 7.20. The van der Waals surface area contributed by atoms with Gasteiger partial charge in [0.2, 0.25) is 0 Å². The molecule has 1 heterocycles. The SMILES string of the molecule is O=C(O)c1sccc1COCc1ccccc1Cl. The van der Waals surface area contributed by atoms with Gasteiger partial charge in [0.1, 0.15) is 4.88 Å². The fraction of sp³-hybridized carbons (Fsp3) is 0.154. The molecular weight excluding hydrogens is 272 g/mol. The Morgan fingerprint density at radius 2 is 1.94 bits per heavy atom. The Labute approximate surface area is 114 Å². The maximum absolute atomic E-state index is 10.9. The molecule has 1 aromatic heterocycles. The molecule has 0 aliphatic heterocycles. The standard InChI is InChI=1S/C13H11ClO3S/c14-11-4-2-1-3-9(11)7-17-8-10-5-6-18-12(10)13(15)16/h1-6H,7-8H2,(H,15,16). The Kier molecular flexibility index (Phi) is 4.36. The lowest BCUT2D eigenvalue weighted by Gasteiger charge is -2.05. The Morgan fingerprint density at radius 1 is 1.22 bits per heavy atom. The van der Waals surface area contributed by atoms with Gasteiger partial charge in [0.15, 0.2) is 0 Å². The third-order valence-electron chi connectivity index (χ3n) is 2.41. The molecule has 0 spiro atoms. The highest BCUT2D eigenvalue weighted by Crippen LogP contribution is 2.20. The number of hydrogen-bond acceptors (Lipinski definition) is 3. The van der Waals surface area contributed by atoms with Crippen molar-refractivity contribution in [2.24, 2.45) is 0 Å². The molecule has 0 bridgehead atoms. The zero-order chi connectivity index (χ0) is 13.0. The summed E-state index contributed by atoms with van der Waals surface area (Å²) in [6.45, 7) is 0.644. The monoisotopic (exact) mass is 282 g/mol. The van der Waals surface area contributed by atoms with Gasteiger partial charge in [-0.1, -0.05) is 29.8 Å². The van der Waals surface area contributed by atoms with Crippen LogP contribution in [0.3, 0.4) is 0 Å². The van der Waals surface area contributed by atoms with Crippen LogP contribution in [0, 0.1) is 0 Å². The summed E-state index contributed by atoms with van der Waals surface area (Å²) in [7, 11) is 0. The number of halogens is 1. The quantitative estimate of drug-likeness (QED) is 0.907. The number of carboxylic acids is 1. The van der Waals surface area contributed by atoms with Crippen molar-refractivity contribution in [3.8, 4) is 0 Å². The molecule has 0 saturated heterocycles. The molecule has 0 aliphatic rings. The van der Waals surface area contributed by atoms with Crippen molar-refractivity contribution in [1.82, 2.24) is 0 Å². The molecule has 0 aliphatic carbocycles. The van der Waals surface area contributed by atoms with E-state index in [0.717, 1.165) is 5.56 Å². The van der Waals surface area contributed by atoms with Crippen molar-refractivity contribution in [1.29, 1.82) is 0 Å². The van der Waals surface area contributed by atoms with Gasteiger partial charge in [-0.2, -0.15) is 0 Å². The first kappa shape index (κ1) is 13.1. The molecular formula is C13H11ClO3S. The van der Waals surface area contributed by atoms with Crippen molar-refractivity contribution in [2.45, 2.75) is 13.2 Å². The maximum Gasteiger partial charge on any atom is 0.346 e. The zero-order valence-corrected chi connectivity index (χ0v) is 11.0. The van der Waals surface area contributed by atoms with E-state index in [0.29, 0.717) is 22.1 Å². The van der Waals surface area contributed by atoms with Crippen LogP contribution in [0.2, 0.25) is 5.02 Å². The van der Waals surface area contributed by atoms with Crippen LogP contribution in [0.25, 0.3) is 0 Å². The topological polar surface area (TPSA) is 46.5 Å². The number of aromatic carboxylic acids is 1. The lowest BCUT2D eigenvalue weighted by atomic mass is 10.2. The van der Waals surface area contributed by atoms with E-state index >= 15 is 0 Å². The van der Waals surface area contributed by atoms with Crippen LogP contribution < -0.4 is 0 Å². The summed E-state index contributed by atoms with van der Waals surface area (Å²) in [6.07, 6.45) is 0. The molecule has 1 aromatic carbocycles. The predicted molar refractivity (Wildman–Crippen MR) is 71.2 cm³/mol. The summed E-state index contributed by atoms with van der Waals surface area (Å²) in [6, 6.07) is 9.19. The van der Waals surface area contributed by atoms with Gasteiger partial charge in [0, 0.05) is 10.6 Å². The first-order valence-corrected chi connectivity index (χ1v) is 6.55. The third-order valence-corrected chi connectivity index (χ3v) is 3.73. The van der Waals surface area contributed by atoms with Gasteiger partial charge in [-0.25, -0.2) is 4.79 Å². The molecule has 2 rings (SSSR count). The van der Waals surface area contributed by atoms with E-state index in [4.69, 9.17) is 21.4 Å². The highest BCUT2D eigenvalue weighted by molar-refractivity contribution is 7.12. The molecule has 94 valence electrons. The number of ether oxygens (including phenoxy) is 1. The molecule has 0 atom stereocenters. The summed E-state index contributed by atoms with van der Waals surface area (Å²) in [5, 5.41) is 11.4. The number of rotatable bonds is 5. The minimum Gasteiger partial charge on any atom is -0.477 e. The van der Waals surface area contributed by atoms with E-state index in [1.54, 1.807) is 17.5 Å². The van der Waals surface area contributed by atoms with E-state index in [2.05, 4.69) is 0 Å². The predicted octanol–water partition coefficient (Wildman–Crippen LogP) is 3.82. The molecule has 0 amide bonds. The third kappa shape index (κ3) is 3.10. The van der Waals surface area contributed by atoms with Crippen LogP contribution in [-0.4, -0.2) is 11.1 Å². The van der Waals surface area contributed by atoms with Gasteiger partial charge in [-0.3, -0.25) is 0 Å². The molecule has 0 radical (unpaired) electrons. The molecule has 2 aromatic rings. The van der Waals surface area contributed by atoms with Crippen LogP contribution in [0.1, 0.15) is 20.8 Å². The summed E-state index contributed by atoms with van der Waals surface area (Å²) < 4.78 is 5.49. The van der Waals surface area contributed by atoms with Crippen LogP contribution in [0.5, 0.6) is 0 Å². The second-order valence-electron chi connectivity index (χ2n) is 3.66. The van der Waals surface area contributed by atoms with Gasteiger partial charge >= 0.3 is 5.97 Å². The molecule has 5 heteroatoms. The Hall–Kier alpha value is -1.36. The number of carboxylic acid groups (broad SMARTS) is 1. The zero-order valence-electron chi connectivity index (χ0n) is 9.43. The first-order valence-electron chi connectivity index (χ1n) is 5.29. The number of hydrogen-bond donors (Lipinski definition) is 1. The fourth-order valence-electron chi connectivity index (χ4n) is 1.52. The van der Waals surface area contributed by atoms with Gasteiger partial charge in [0.05, 0.1) is 13.2 Å². The lowest BCUT2D eigenvalue weighted by Crippen LogP contribution is -2.00. The Morgan fingerprint density at radius 3 is 2.67 bits per heavy atom. The van der Waals surface area contributed by atoms with Gasteiger partial charge in [-0.15, -0.1) is 11.3 Å². The highest BCUT2D eigenvalue weighted by Gasteiger charge is 2.11. The number of carbonyl (C=O) groups is 1. The van der Waals surface area contributed by atoms with Crippen molar-refractivity contribution < 1.29 is 14.6 Å². The lowest BCUT2D eigenvalue weighted by molar-refractivity contribution is 0.0690. The van der Waals surface area contributed by atoms with Gasteiger partial charge in [-0.05, 0) is 23.1 Å². The smallest absolute Gasteiger partial charge is 0.346 e. The summed E-state index contributed by atoms with van der Waals surface area (Å²) in [5.74, 6) is -0.915. The highest BCUT2D eigenvalue weighted by atomic mass is 35.5. The van der Waals surface area contributed by atoms with E-state index in [1.165, 1.54) is 11.3 Å². The van der Waals surface area contributed by atoms with Crippen LogP contribution in [0.15, 0.2) is 35.7 Å². The molecule has 18 heavy (non-hydrogen) atoms. The molecule has 1 N–H and O–H groups in total. The minimum atomic E-state index is -0.915. The Balaban J connectivity index is 1.95. The normalized spacial score (nSPS) is 10.5. The fourth-order valence-corrected chi connectivity index (χ4v) is 2.46. The second kappa shape index (κ2) is 6.00. The van der Waals surface area contributed by atoms with Crippen LogP contribution in [0.4, 0.5) is 0 Å². The number of benzene rings is 1. The molecule has 0 saturated carbocycles. The van der Waals surface area contributed by atoms with Crippen molar-refractivity contribution in [3.63, 3.8) is 0 Å². The summed E-state index contributed by atoms with van der Waals surface area (Å²) in [5.41, 5.74) is 1.59. The largest absolute Gasteiger partial charge is 0.477 e.